The monoisotopic (exact) mass is 555 g/mol. The van der Waals surface area contributed by atoms with Gasteiger partial charge < -0.3 is 15.6 Å². The topological polar surface area (TPSA) is 89.6 Å². The molecule has 5 nitrogen and oxygen atoms in total. The first-order chi connectivity index (χ1) is 18.3. The van der Waals surface area contributed by atoms with Crippen LogP contribution >= 0.6 is 0 Å². The summed E-state index contributed by atoms with van der Waals surface area (Å²) in [5.74, 6) is 1.59. The first-order valence-corrected chi connectivity index (χ1v) is 16.2. The predicted molar refractivity (Wildman–Crippen MR) is 159 cm³/mol. The Bertz CT molecular complexity index is 1080. The van der Waals surface area contributed by atoms with Crippen LogP contribution in [0.4, 0.5) is 0 Å². The SMILES string of the molecule is C=C(C)[C@@H]1CC[C@]2(N)CC[C@]3(C)[C@H](CCC4[C@@]5(C)CC[C@H](OC(=O)CC(C)(C)C(=O)O)C(C)(C)C5CC[C@]43C)C12. The molecule has 0 bridgehead atoms. The number of carboxylic acid groups (broad SMARTS) is 1. The van der Waals surface area contributed by atoms with Crippen molar-refractivity contribution in [1.82, 2.24) is 0 Å². The van der Waals surface area contributed by atoms with Gasteiger partial charge in [-0.1, -0.05) is 46.8 Å². The zero-order valence-corrected chi connectivity index (χ0v) is 26.7. The summed E-state index contributed by atoms with van der Waals surface area (Å²) in [6, 6.07) is 0. The van der Waals surface area contributed by atoms with Crippen LogP contribution < -0.4 is 5.73 Å². The number of rotatable bonds is 5. The van der Waals surface area contributed by atoms with Crippen LogP contribution in [0, 0.1) is 56.7 Å². The minimum Gasteiger partial charge on any atom is -0.481 e. The third-order valence-electron chi connectivity index (χ3n) is 14.5. The average molecular weight is 556 g/mol. The molecular formula is C35H57NO4. The van der Waals surface area contributed by atoms with Crippen molar-refractivity contribution in [3.05, 3.63) is 12.2 Å². The Morgan fingerprint density at radius 1 is 0.900 bits per heavy atom. The first kappa shape index (κ1) is 30.1. The number of hydrogen-bond acceptors (Lipinski definition) is 4. The quantitative estimate of drug-likeness (QED) is 0.267. The molecule has 0 spiro atoms. The Morgan fingerprint density at radius 2 is 1.57 bits per heavy atom. The van der Waals surface area contributed by atoms with Gasteiger partial charge in [0.15, 0.2) is 0 Å². The Labute approximate surface area is 243 Å². The van der Waals surface area contributed by atoms with E-state index in [9.17, 15) is 14.7 Å². The van der Waals surface area contributed by atoms with E-state index in [2.05, 4.69) is 48.1 Å². The van der Waals surface area contributed by atoms with Crippen LogP contribution in [-0.2, 0) is 14.3 Å². The normalized spacial score (nSPS) is 47.7. The van der Waals surface area contributed by atoms with Gasteiger partial charge in [0, 0.05) is 11.0 Å². The summed E-state index contributed by atoms with van der Waals surface area (Å²) in [7, 11) is 0. The van der Waals surface area contributed by atoms with Gasteiger partial charge in [-0.2, -0.15) is 0 Å². The van der Waals surface area contributed by atoms with Gasteiger partial charge in [-0.05, 0) is 131 Å². The summed E-state index contributed by atoms with van der Waals surface area (Å²) in [6.07, 6.45) is 11.4. The maximum Gasteiger partial charge on any atom is 0.309 e. The molecule has 0 aromatic rings. The number of carbonyl (C=O) groups excluding carboxylic acids is 1. The van der Waals surface area contributed by atoms with Crippen molar-refractivity contribution in [3.63, 3.8) is 0 Å². The lowest BCUT2D eigenvalue weighted by Gasteiger charge is -2.72. The van der Waals surface area contributed by atoms with Crippen molar-refractivity contribution >= 4 is 11.9 Å². The number of hydrogen-bond donors (Lipinski definition) is 2. The van der Waals surface area contributed by atoms with E-state index in [1.807, 2.05) is 0 Å². The third-order valence-corrected chi connectivity index (χ3v) is 14.5. The standard InChI is InChI=1S/C35H57NO4/c1-21(2)22-12-17-35(36)19-18-33(8)23(28(22)35)10-11-25-32(7)15-14-26(40-27(37)20-30(3,4)29(38)39)31(5,6)24(32)13-16-34(25,33)9/h22-26,28H,1,10-20,36H2,2-9H3,(H,38,39)/t22-,23+,24?,25?,26-,28?,32-,33+,34+,35-/m0/s1. The number of fused-ring (bicyclic) bond motifs is 7. The second-order valence-corrected chi connectivity index (χ2v) is 17.1. The van der Waals surface area contributed by atoms with E-state index in [1.54, 1.807) is 13.8 Å². The van der Waals surface area contributed by atoms with Gasteiger partial charge in [0.1, 0.15) is 6.10 Å². The largest absolute Gasteiger partial charge is 0.481 e. The lowest BCUT2D eigenvalue weighted by molar-refractivity contribution is -0.245. The number of esters is 1. The Kier molecular flexibility index (Phi) is 7.01. The van der Waals surface area contributed by atoms with Crippen molar-refractivity contribution in [2.75, 3.05) is 0 Å². The fourth-order valence-electron chi connectivity index (χ4n) is 12.0. The number of ether oxygens (including phenoxy) is 1. The van der Waals surface area contributed by atoms with E-state index >= 15 is 0 Å². The molecule has 0 amide bonds. The van der Waals surface area contributed by atoms with Gasteiger partial charge in [-0.15, -0.1) is 0 Å². The molecule has 5 rings (SSSR count). The van der Waals surface area contributed by atoms with E-state index in [1.165, 1.54) is 37.7 Å². The molecule has 10 atom stereocenters. The van der Waals surface area contributed by atoms with E-state index in [4.69, 9.17) is 10.5 Å². The molecule has 3 N–H and O–H groups in total. The Hall–Kier alpha value is -1.36. The van der Waals surface area contributed by atoms with Crippen molar-refractivity contribution < 1.29 is 19.4 Å². The number of carboxylic acids is 1. The van der Waals surface area contributed by atoms with Crippen LogP contribution in [0.1, 0.15) is 126 Å². The van der Waals surface area contributed by atoms with Crippen LogP contribution in [0.2, 0.25) is 0 Å². The smallest absolute Gasteiger partial charge is 0.309 e. The highest BCUT2D eigenvalue weighted by Gasteiger charge is 2.70. The average Bonchev–Trinajstić information content (AvgIpc) is 3.19. The molecule has 0 saturated heterocycles. The summed E-state index contributed by atoms with van der Waals surface area (Å²) in [6.45, 7) is 22.3. The van der Waals surface area contributed by atoms with Gasteiger partial charge in [0.05, 0.1) is 11.8 Å². The highest BCUT2D eigenvalue weighted by atomic mass is 16.5. The number of carbonyl (C=O) groups is 2. The highest BCUT2D eigenvalue weighted by Crippen LogP contribution is 2.76. The van der Waals surface area contributed by atoms with E-state index in [0.29, 0.717) is 29.6 Å². The molecular weight excluding hydrogens is 498 g/mol. The van der Waals surface area contributed by atoms with Crippen molar-refractivity contribution in [3.8, 4) is 0 Å². The molecule has 5 heteroatoms. The Balaban J connectivity index is 1.40. The van der Waals surface area contributed by atoms with Gasteiger partial charge in [0.25, 0.3) is 0 Å². The summed E-state index contributed by atoms with van der Waals surface area (Å²) >= 11 is 0. The van der Waals surface area contributed by atoms with Crippen LogP contribution in [0.25, 0.3) is 0 Å². The highest BCUT2D eigenvalue weighted by molar-refractivity contribution is 5.81. The van der Waals surface area contributed by atoms with Gasteiger partial charge in [-0.3, -0.25) is 9.59 Å². The number of allylic oxidation sites excluding steroid dienone is 1. The maximum absolute atomic E-state index is 12.9. The molecule has 0 aliphatic heterocycles. The van der Waals surface area contributed by atoms with Gasteiger partial charge in [-0.25, -0.2) is 0 Å². The van der Waals surface area contributed by atoms with Gasteiger partial charge in [0.2, 0.25) is 0 Å². The zero-order chi connectivity index (χ0) is 29.7. The summed E-state index contributed by atoms with van der Waals surface area (Å²) in [4.78, 5) is 24.5. The lowest BCUT2D eigenvalue weighted by Crippen LogP contribution is -2.68. The minimum atomic E-state index is -1.12. The second kappa shape index (κ2) is 9.32. The van der Waals surface area contributed by atoms with E-state index in [0.717, 1.165) is 32.1 Å². The third kappa shape index (κ3) is 4.09. The van der Waals surface area contributed by atoms with Crippen LogP contribution in [-0.4, -0.2) is 28.7 Å². The van der Waals surface area contributed by atoms with Gasteiger partial charge >= 0.3 is 11.9 Å². The minimum absolute atomic E-state index is 0.0166. The molecule has 0 heterocycles. The van der Waals surface area contributed by atoms with Crippen molar-refractivity contribution in [2.24, 2.45) is 62.4 Å². The zero-order valence-electron chi connectivity index (χ0n) is 26.7. The second-order valence-electron chi connectivity index (χ2n) is 17.1. The molecule has 5 fully saturated rings. The first-order valence-electron chi connectivity index (χ1n) is 16.2. The summed E-state index contributed by atoms with van der Waals surface area (Å²) in [5.41, 5.74) is 8.05. The van der Waals surface area contributed by atoms with E-state index in [-0.39, 0.29) is 45.7 Å². The van der Waals surface area contributed by atoms with Crippen LogP contribution in [0.3, 0.4) is 0 Å². The molecule has 5 saturated carbocycles. The molecule has 5 aliphatic carbocycles. The fraction of sp³-hybridized carbons (Fsp3) is 0.886. The molecule has 0 aromatic carbocycles. The Morgan fingerprint density at radius 3 is 2.20 bits per heavy atom. The molecule has 3 unspecified atom stereocenters. The summed E-state index contributed by atoms with van der Waals surface area (Å²) in [5, 5.41) is 9.51. The molecule has 0 aromatic heterocycles. The predicted octanol–water partition coefficient (Wildman–Crippen LogP) is 7.77. The number of nitrogens with two attached hydrogens (primary N) is 1. The molecule has 226 valence electrons. The molecule has 40 heavy (non-hydrogen) atoms. The van der Waals surface area contributed by atoms with E-state index < -0.39 is 11.4 Å². The fourth-order valence-corrected chi connectivity index (χ4v) is 12.0. The van der Waals surface area contributed by atoms with Crippen LogP contribution in [0.15, 0.2) is 12.2 Å². The lowest BCUT2D eigenvalue weighted by atomic mass is 9.32. The molecule has 0 radical (unpaired) electrons. The number of aliphatic carboxylic acids is 1. The van der Waals surface area contributed by atoms with Crippen molar-refractivity contribution in [2.45, 2.75) is 138 Å². The summed E-state index contributed by atoms with van der Waals surface area (Å²) < 4.78 is 6.12. The van der Waals surface area contributed by atoms with Crippen molar-refractivity contribution in [1.29, 1.82) is 0 Å². The molecule has 5 aliphatic rings. The maximum atomic E-state index is 12.9. The van der Waals surface area contributed by atoms with Crippen LogP contribution in [0.5, 0.6) is 0 Å².